The van der Waals surface area contributed by atoms with Crippen molar-refractivity contribution in [2.75, 3.05) is 54.7 Å². The molecule has 20 heteroatoms. The summed E-state index contributed by atoms with van der Waals surface area (Å²) in [7, 11) is -1.63. The van der Waals surface area contributed by atoms with Crippen molar-refractivity contribution < 1.29 is 59.8 Å². The summed E-state index contributed by atoms with van der Waals surface area (Å²) in [6, 6.07) is 6.63. The second kappa shape index (κ2) is 29.5. The molecule has 2 aromatic carbocycles. The van der Waals surface area contributed by atoms with Crippen LogP contribution in [0.1, 0.15) is 43.5 Å². The van der Waals surface area contributed by atoms with Gasteiger partial charge in [-0.25, -0.2) is 16.8 Å². The minimum Gasteiger partial charge on any atom is -0.497 e. The zero-order valence-corrected chi connectivity index (χ0v) is 32.2. The van der Waals surface area contributed by atoms with E-state index in [4.69, 9.17) is 34.4 Å². The number of nitrogens with zero attached hydrogens (tertiary/aromatic N) is 2. The fourth-order valence-electron chi connectivity index (χ4n) is 3.93. The molecule has 0 aliphatic rings. The number of carbonyl (C=O) groups excluding carboxylic acids is 6. The number of benzene rings is 2. The van der Waals surface area contributed by atoms with E-state index >= 15 is 0 Å². The molecular formula is C31H51ClN4O13S2. The number of halogens is 1. The average Bonchev–Trinajstić information content (AvgIpc) is 3.00. The van der Waals surface area contributed by atoms with Crippen molar-refractivity contribution in [3.05, 3.63) is 46.5 Å². The number of carbonyl (C=O) groups is 2. The minimum absolute atomic E-state index is 0. The predicted molar refractivity (Wildman–Crippen MR) is 189 cm³/mol. The van der Waals surface area contributed by atoms with Gasteiger partial charge in [0.05, 0.1) is 30.6 Å². The van der Waals surface area contributed by atoms with Gasteiger partial charge >= 0.3 is 12.3 Å². The normalized spacial score (nSPS) is 9.67. The Bertz CT molecular complexity index is 1570. The van der Waals surface area contributed by atoms with Crippen LogP contribution in [0.2, 0.25) is 0 Å². The average molecular weight is 787 g/mol. The molecule has 0 atom stereocenters. The van der Waals surface area contributed by atoms with E-state index in [9.17, 15) is 26.4 Å². The summed E-state index contributed by atoms with van der Waals surface area (Å²) < 4.78 is 66.7. The molecule has 0 fully saturated rings. The number of nitrogens with two attached hydrogens (primary N) is 1. The van der Waals surface area contributed by atoms with Gasteiger partial charge in [-0.1, -0.05) is 14.4 Å². The molecule has 0 heterocycles. The summed E-state index contributed by atoms with van der Waals surface area (Å²) in [6.07, 6.45) is 0.500. The third-order valence-electron chi connectivity index (χ3n) is 5.74. The van der Waals surface area contributed by atoms with Crippen LogP contribution in [0.5, 0.6) is 11.5 Å². The number of rotatable bonds is 12. The van der Waals surface area contributed by atoms with Crippen molar-refractivity contribution in [1.82, 2.24) is 13.9 Å². The topological polar surface area (TPSA) is 243 Å². The molecule has 51 heavy (non-hydrogen) atoms. The molecule has 0 unspecified atom stereocenters. The number of hydrogen-bond acceptors (Lipinski definition) is 14. The van der Waals surface area contributed by atoms with Gasteiger partial charge in [-0.2, -0.15) is 27.8 Å². The van der Waals surface area contributed by atoms with Gasteiger partial charge in [-0.05, 0) is 87.7 Å². The van der Waals surface area contributed by atoms with Crippen LogP contribution in [-0.4, -0.2) is 105 Å². The molecule has 0 saturated heterocycles. The molecule has 17 nitrogen and oxygen atoms in total. The van der Waals surface area contributed by atoms with Crippen LogP contribution in [-0.2, 0) is 53.6 Å². The quantitative estimate of drug-likeness (QED) is 0.231. The second-order valence-corrected chi connectivity index (χ2v) is 13.4. The molecule has 2 rings (SSSR count). The van der Waals surface area contributed by atoms with E-state index in [-0.39, 0.29) is 67.6 Å². The SMILES string of the molecule is C.CCN.CCNC(=O)CN(C)S(=O)(=O)c1c(C)cc(OC)cc1C.COc1cc(C)c(S(=O)(=O)N(C)COC=O)c(C)c1.Cl.O=C=O.O=C=O. The molecule has 0 saturated carbocycles. The lowest BCUT2D eigenvalue weighted by molar-refractivity contribution is -0.193. The minimum atomic E-state index is -3.72. The van der Waals surface area contributed by atoms with Crippen LogP contribution in [0.4, 0.5) is 0 Å². The Kier molecular flexibility index (Phi) is 32.5. The molecule has 3 N–H and O–H groups in total. The van der Waals surface area contributed by atoms with Crippen molar-refractivity contribution in [2.45, 2.75) is 58.8 Å². The first kappa shape index (κ1) is 56.2. The van der Waals surface area contributed by atoms with E-state index in [0.717, 1.165) is 15.2 Å². The molecule has 0 spiro atoms. The number of ether oxygens (including phenoxy) is 3. The maximum atomic E-state index is 12.6. The van der Waals surface area contributed by atoms with Gasteiger partial charge in [0.2, 0.25) is 26.0 Å². The lowest BCUT2D eigenvalue weighted by atomic mass is 10.1. The number of methoxy groups -OCH3 is 2. The van der Waals surface area contributed by atoms with Crippen LogP contribution in [0.15, 0.2) is 34.1 Å². The summed E-state index contributed by atoms with van der Waals surface area (Å²) >= 11 is 0. The van der Waals surface area contributed by atoms with E-state index in [0.29, 0.717) is 40.3 Å². The standard InChI is InChI=1S/C14H22N2O4S.C12H17NO5S.C2H7N.2CO2.CH4.ClH/c1-6-15-13(17)9-16(4)21(18,19)14-10(2)7-12(20-5)8-11(14)3;1-9-5-11(17-4)6-10(2)12(9)19(15,16)13(3)7-18-8-14;1-2-3;2*2-1-3;;/h7-8H,6,9H2,1-5H3,(H,15,17);5-6,8H,7H2,1-4H3;2-3H2,1H3;;;1H4;1H. The molecule has 1 amide bonds. The van der Waals surface area contributed by atoms with E-state index < -0.39 is 20.0 Å². The Morgan fingerprint density at radius 2 is 1.08 bits per heavy atom. The summed E-state index contributed by atoms with van der Waals surface area (Å²) in [5.41, 5.74) is 7.19. The monoisotopic (exact) mass is 786 g/mol. The highest BCUT2D eigenvalue weighted by molar-refractivity contribution is 7.89. The number of amides is 1. The number of aryl methyl sites for hydroxylation is 4. The van der Waals surface area contributed by atoms with E-state index in [1.807, 2.05) is 6.92 Å². The fourth-order valence-corrected chi connectivity index (χ4v) is 6.90. The van der Waals surface area contributed by atoms with Crippen LogP contribution >= 0.6 is 12.4 Å². The number of likely N-dealkylation sites (N-methyl/N-ethyl adjacent to an activating group) is 2. The maximum absolute atomic E-state index is 12.6. The summed E-state index contributed by atoms with van der Waals surface area (Å²) in [6.45, 7) is 11.4. The van der Waals surface area contributed by atoms with Crippen molar-refractivity contribution in [2.24, 2.45) is 5.73 Å². The van der Waals surface area contributed by atoms with E-state index in [1.54, 1.807) is 58.9 Å². The highest BCUT2D eigenvalue weighted by atomic mass is 35.5. The Balaban J connectivity index is -0.000000218. The molecule has 2 aromatic rings. The molecular weight excluding hydrogens is 736 g/mol. The largest absolute Gasteiger partial charge is 0.497 e. The first-order valence-corrected chi connectivity index (χ1v) is 16.9. The van der Waals surface area contributed by atoms with Crippen LogP contribution in [0.3, 0.4) is 0 Å². The van der Waals surface area contributed by atoms with Gasteiger partial charge in [0, 0.05) is 20.6 Å². The van der Waals surface area contributed by atoms with Gasteiger partial charge in [-0.3, -0.25) is 9.59 Å². The van der Waals surface area contributed by atoms with E-state index in [2.05, 4.69) is 10.1 Å². The van der Waals surface area contributed by atoms with Gasteiger partial charge in [-0.15, -0.1) is 12.4 Å². The van der Waals surface area contributed by atoms with Crippen molar-refractivity contribution in [1.29, 1.82) is 0 Å². The second-order valence-electron chi connectivity index (χ2n) is 9.47. The Hall–Kier alpha value is -4.19. The number of sulfonamides is 2. The first-order valence-electron chi connectivity index (χ1n) is 14.1. The van der Waals surface area contributed by atoms with Gasteiger partial charge < -0.3 is 25.3 Å². The molecule has 0 radical (unpaired) electrons. The molecule has 292 valence electrons. The van der Waals surface area contributed by atoms with Gasteiger partial charge in [0.25, 0.3) is 6.47 Å². The zero-order chi connectivity index (χ0) is 39.0. The van der Waals surface area contributed by atoms with Crippen molar-refractivity contribution >= 4 is 57.1 Å². The van der Waals surface area contributed by atoms with Gasteiger partial charge in [0.1, 0.15) is 11.5 Å². The lowest BCUT2D eigenvalue weighted by Gasteiger charge is -2.20. The summed E-state index contributed by atoms with van der Waals surface area (Å²) in [5, 5.41) is 2.58. The molecule has 0 aliphatic carbocycles. The van der Waals surface area contributed by atoms with Gasteiger partial charge in [0.15, 0.2) is 6.73 Å². The first-order chi connectivity index (χ1) is 22.8. The van der Waals surface area contributed by atoms with Crippen LogP contribution in [0.25, 0.3) is 0 Å². The Morgan fingerprint density at radius 3 is 1.33 bits per heavy atom. The molecule has 0 aliphatic heterocycles. The third kappa shape index (κ3) is 19.7. The van der Waals surface area contributed by atoms with Crippen LogP contribution < -0.4 is 20.5 Å². The smallest absolute Gasteiger partial charge is 0.373 e. The zero-order valence-electron chi connectivity index (χ0n) is 29.7. The predicted octanol–water partition coefficient (Wildman–Crippen LogP) is 1.99. The molecule has 0 aromatic heterocycles. The highest BCUT2D eigenvalue weighted by Gasteiger charge is 2.27. The summed E-state index contributed by atoms with van der Waals surface area (Å²) in [5.74, 6) is 0.878. The molecule has 0 bridgehead atoms. The fraction of sp³-hybridized carbons (Fsp3) is 0.484. The number of nitrogens with one attached hydrogen (secondary N) is 1. The number of hydrogen-bond donors (Lipinski definition) is 2. The highest BCUT2D eigenvalue weighted by Crippen LogP contribution is 2.28. The lowest BCUT2D eigenvalue weighted by Crippen LogP contribution is -2.38. The third-order valence-corrected chi connectivity index (χ3v) is 9.94. The summed E-state index contributed by atoms with van der Waals surface area (Å²) in [4.78, 5) is 54.6. The van der Waals surface area contributed by atoms with Crippen molar-refractivity contribution in [3.63, 3.8) is 0 Å². The van der Waals surface area contributed by atoms with Crippen molar-refractivity contribution in [3.8, 4) is 11.5 Å². The van der Waals surface area contributed by atoms with Crippen LogP contribution in [0, 0.1) is 27.7 Å². The van der Waals surface area contributed by atoms with E-state index in [1.165, 1.54) is 28.3 Å². The Morgan fingerprint density at radius 1 is 0.784 bits per heavy atom. The Labute approximate surface area is 307 Å². The maximum Gasteiger partial charge on any atom is 0.373 e.